The molecular formula is C26H26FN5O2S. The third kappa shape index (κ3) is 5.82. The maximum absolute atomic E-state index is 14.7. The fraction of sp³-hybridized carbons (Fsp3) is 0.192. The molecular weight excluding hydrogens is 465 g/mol. The monoisotopic (exact) mass is 491 g/mol. The van der Waals surface area contributed by atoms with Crippen molar-refractivity contribution < 1.29 is 14.0 Å². The largest absolute Gasteiger partial charge is 0.345 e. The van der Waals surface area contributed by atoms with Crippen molar-refractivity contribution in [2.24, 2.45) is 5.10 Å². The molecule has 1 aromatic carbocycles. The minimum atomic E-state index is -0.503. The van der Waals surface area contributed by atoms with Gasteiger partial charge in [0.15, 0.2) is 0 Å². The number of aryl methyl sites for hydroxylation is 1. The molecule has 0 spiro atoms. The first-order valence-electron chi connectivity index (χ1n) is 11.1. The SMILES string of the molecule is C=C1C=CN(C2=CCC(NC(=O)c3ccc(C(=O)Nc4ccc(CNC)cc4C)s3)C=C2F)N=C1. The summed E-state index contributed by atoms with van der Waals surface area (Å²) in [5.41, 5.74) is 3.85. The standard InChI is InChI=1S/C26H26FN5O2S/c1-16-10-11-32(29-14-16)22-7-5-19(13-20(22)27)30-25(33)23-8-9-24(35-23)26(34)31-21-6-4-18(15-28-3)12-17(21)2/h4,6-14,19,28H,1,5,15H2,2-3H3,(H,30,33)(H,31,34). The zero-order valence-electron chi connectivity index (χ0n) is 19.5. The lowest BCUT2D eigenvalue weighted by atomic mass is 10.1. The summed E-state index contributed by atoms with van der Waals surface area (Å²) in [7, 11) is 1.88. The summed E-state index contributed by atoms with van der Waals surface area (Å²) >= 11 is 1.09. The van der Waals surface area contributed by atoms with Gasteiger partial charge in [-0.1, -0.05) is 24.8 Å². The van der Waals surface area contributed by atoms with Gasteiger partial charge in [-0.25, -0.2) is 9.40 Å². The molecule has 0 fully saturated rings. The summed E-state index contributed by atoms with van der Waals surface area (Å²) in [6.45, 7) is 6.45. The molecule has 1 unspecified atom stereocenters. The molecule has 0 bridgehead atoms. The predicted octanol–water partition coefficient (Wildman–Crippen LogP) is 4.64. The van der Waals surface area contributed by atoms with Crippen molar-refractivity contribution in [3.63, 3.8) is 0 Å². The highest BCUT2D eigenvalue weighted by atomic mass is 32.1. The normalized spacial score (nSPS) is 17.2. The molecule has 2 aliphatic rings. The Kier molecular flexibility index (Phi) is 7.38. The number of halogens is 1. The van der Waals surface area contributed by atoms with Gasteiger partial charge in [0.1, 0.15) is 5.83 Å². The summed E-state index contributed by atoms with van der Waals surface area (Å²) in [4.78, 5) is 26.2. The Morgan fingerprint density at radius 3 is 2.66 bits per heavy atom. The van der Waals surface area contributed by atoms with E-state index in [2.05, 4.69) is 27.6 Å². The van der Waals surface area contributed by atoms with Crippen molar-refractivity contribution in [1.82, 2.24) is 15.6 Å². The molecule has 2 amide bonds. The van der Waals surface area contributed by atoms with E-state index in [0.29, 0.717) is 21.9 Å². The van der Waals surface area contributed by atoms with Gasteiger partial charge < -0.3 is 16.0 Å². The Bertz CT molecular complexity index is 1270. The smallest absolute Gasteiger partial charge is 0.265 e. The third-order valence-corrected chi connectivity index (χ3v) is 6.55. The van der Waals surface area contributed by atoms with Gasteiger partial charge in [0.25, 0.3) is 11.8 Å². The number of hydrogen-bond donors (Lipinski definition) is 3. The highest BCUT2D eigenvalue weighted by Gasteiger charge is 2.23. The summed E-state index contributed by atoms with van der Waals surface area (Å²) in [6.07, 6.45) is 8.38. The molecule has 1 aromatic heterocycles. The fourth-order valence-electron chi connectivity index (χ4n) is 3.68. The van der Waals surface area contributed by atoms with E-state index in [1.807, 2.05) is 32.2 Å². The van der Waals surface area contributed by atoms with Gasteiger partial charge >= 0.3 is 0 Å². The van der Waals surface area contributed by atoms with Crippen LogP contribution in [0.15, 0.2) is 83.5 Å². The number of nitrogens with one attached hydrogen (secondary N) is 3. The van der Waals surface area contributed by atoms with Crippen LogP contribution in [0.4, 0.5) is 10.1 Å². The topological polar surface area (TPSA) is 85.8 Å². The van der Waals surface area contributed by atoms with Gasteiger partial charge in [-0.15, -0.1) is 11.3 Å². The molecule has 1 atom stereocenters. The zero-order chi connectivity index (χ0) is 24.9. The number of anilines is 1. The van der Waals surface area contributed by atoms with E-state index in [0.717, 1.165) is 40.3 Å². The molecule has 9 heteroatoms. The predicted molar refractivity (Wildman–Crippen MR) is 138 cm³/mol. The van der Waals surface area contributed by atoms with Crippen LogP contribution < -0.4 is 16.0 Å². The Hall–Kier alpha value is -3.82. The Morgan fingerprint density at radius 1 is 1.23 bits per heavy atom. The Labute approximate surface area is 207 Å². The number of benzene rings is 1. The molecule has 1 aliphatic carbocycles. The van der Waals surface area contributed by atoms with E-state index in [-0.39, 0.29) is 11.8 Å². The van der Waals surface area contributed by atoms with E-state index in [1.54, 1.807) is 36.7 Å². The number of amides is 2. The first kappa shape index (κ1) is 24.3. The molecule has 0 saturated heterocycles. The van der Waals surface area contributed by atoms with Crippen LogP contribution in [0, 0.1) is 6.92 Å². The average molecular weight is 492 g/mol. The van der Waals surface area contributed by atoms with Gasteiger partial charge in [0.2, 0.25) is 0 Å². The highest BCUT2D eigenvalue weighted by molar-refractivity contribution is 7.16. The summed E-state index contributed by atoms with van der Waals surface area (Å²) in [5, 5.41) is 14.4. The van der Waals surface area contributed by atoms with E-state index in [1.165, 1.54) is 11.1 Å². The number of hydrogen-bond acceptors (Lipinski definition) is 6. The minimum absolute atomic E-state index is 0.285. The number of carbonyl (C=O) groups excluding carboxylic acids is 2. The van der Waals surface area contributed by atoms with Gasteiger partial charge in [0.05, 0.1) is 27.7 Å². The van der Waals surface area contributed by atoms with Crippen molar-refractivity contribution in [2.45, 2.75) is 25.9 Å². The number of rotatable bonds is 7. The van der Waals surface area contributed by atoms with Gasteiger partial charge in [0, 0.05) is 18.4 Å². The van der Waals surface area contributed by atoms with E-state index >= 15 is 0 Å². The quantitative estimate of drug-likeness (QED) is 0.527. The Morgan fingerprint density at radius 2 is 2.00 bits per heavy atom. The molecule has 7 nitrogen and oxygen atoms in total. The molecule has 0 radical (unpaired) electrons. The first-order valence-corrected chi connectivity index (χ1v) is 11.9. The summed E-state index contributed by atoms with van der Waals surface area (Å²) in [6, 6.07) is 8.55. The van der Waals surface area contributed by atoms with Crippen LogP contribution in [0.25, 0.3) is 0 Å². The van der Waals surface area contributed by atoms with Crippen molar-refractivity contribution in [2.75, 3.05) is 12.4 Å². The van der Waals surface area contributed by atoms with Crippen LogP contribution in [0.5, 0.6) is 0 Å². The molecule has 2 aromatic rings. The van der Waals surface area contributed by atoms with Crippen LogP contribution in [0.3, 0.4) is 0 Å². The maximum Gasteiger partial charge on any atom is 0.265 e. The van der Waals surface area contributed by atoms with Gasteiger partial charge in [-0.3, -0.25) is 9.59 Å². The number of carbonyl (C=O) groups is 2. The lowest BCUT2D eigenvalue weighted by Crippen LogP contribution is -2.34. The zero-order valence-corrected chi connectivity index (χ0v) is 20.3. The summed E-state index contributed by atoms with van der Waals surface area (Å²) < 4.78 is 14.7. The molecule has 2 heterocycles. The number of hydrazone groups is 1. The van der Waals surface area contributed by atoms with Crippen LogP contribution in [-0.2, 0) is 6.54 Å². The van der Waals surface area contributed by atoms with E-state index < -0.39 is 11.9 Å². The summed E-state index contributed by atoms with van der Waals surface area (Å²) in [5.74, 6) is -1.12. The van der Waals surface area contributed by atoms with Crippen LogP contribution in [0.2, 0.25) is 0 Å². The molecule has 1 aliphatic heterocycles. The molecule has 4 rings (SSSR count). The van der Waals surface area contributed by atoms with Crippen molar-refractivity contribution in [3.8, 4) is 0 Å². The van der Waals surface area contributed by atoms with Crippen LogP contribution in [0.1, 0.15) is 36.9 Å². The van der Waals surface area contributed by atoms with Crippen LogP contribution in [-0.4, -0.2) is 36.1 Å². The number of allylic oxidation sites excluding steroid dienone is 3. The lowest BCUT2D eigenvalue weighted by molar-refractivity contribution is 0.0947. The van der Waals surface area contributed by atoms with E-state index in [4.69, 9.17) is 0 Å². The second kappa shape index (κ2) is 10.6. The van der Waals surface area contributed by atoms with Crippen molar-refractivity contribution in [1.29, 1.82) is 0 Å². The second-order valence-electron chi connectivity index (χ2n) is 8.20. The van der Waals surface area contributed by atoms with E-state index in [9.17, 15) is 14.0 Å². The lowest BCUT2D eigenvalue weighted by Gasteiger charge is -2.24. The number of nitrogens with zero attached hydrogens (tertiary/aromatic N) is 2. The Balaban J connectivity index is 1.36. The van der Waals surface area contributed by atoms with Gasteiger partial charge in [-0.05, 0) is 67.4 Å². The first-order chi connectivity index (χ1) is 16.8. The maximum atomic E-state index is 14.7. The second-order valence-corrected chi connectivity index (χ2v) is 9.28. The molecule has 180 valence electrons. The molecule has 35 heavy (non-hydrogen) atoms. The van der Waals surface area contributed by atoms with Crippen LogP contribution >= 0.6 is 11.3 Å². The fourth-order valence-corrected chi connectivity index (χ4v) is 4.49. The molecule has 0 saturated carbocycles. The molecule has 3 N–H and O–H groups in total. The van der Waals surface area contributed by atoms with Gasteiger partial charge in [-0.2, -0.15) is 5.10 Å². The third-order valence-electron chi connectivity index (χ3n) is 5.47. The van der Waals surface area contributed by atoms with Crippen molar-refractivity contribution in [3.05, 3.63) is 99.3 Å². The average Bonchev–Trinajstić information content (AvgIpc) is 3.33. The minimum Gasteiger partial charge on any atom is -0.345 e. The van der Waals surface area contributed by atoms with Crippen molar-refractivity contribution >= 4 is 35.1 Å². The number of thiophene rings is 1. The highest BCUT2D eigenvalue weighted by Crippen LogP contribution is 2.26.